The van der Waals surface area contributed by atoms with Crippen molar-refractivity contribution in [1.82, 2.24) is 4.98 Å². The summed E-state index contributed by atoms with van der Waals surface area (Å²) in [5, 5.41) is 0.920. The van der Waals surface area contributed by atoms with Crippen molar-refractivity contribution in [1.29, 1.82) is 0 Å². The van der Waals surface area contributed by atoms with E-state index < -0.39 is 11.7 Å². The third kappa shape index (κ3) is 2.37. The quantitative estimate of drug-likeness (QED) is 0.650. The fourth-order valence-electron chi connectivity index (χ4n) is 1.57. The lowest BCUT2D eigenvalue weighted by Crippen LogP contribution is -2.11. The minimum absolute atomic E-state index is 0.00481. The summed E-state index contributed by atoms with van der Waals surface area (Å²) in [6, 6.07) is 6.41. The number of benzene rings is 1. The highest BCUT2D eigenvalue weighted by molar-refractivity contribution is 9.10. The average molecular weight is 337 g/mol. The molecule has 6 heteroatoms. The molecule has 0 aliphatic heterocycles. The molecule has 1 aromatic carbocycles. The van der Waals surface area contributed by atoms with Crippen molar-refractivity contribution >= 4 is 43.9 Å². The van der Waals surface area contributed by atoms with Gasteiger partial charge in [-0.15, -0.1) is 0 Å². The zero-order valence-electron chi connectivity index (χ0n) is 8.85. The number of hydrogen-bond acceptors (Lipinski definition) is 1. The number of halogens is 5. The Bertz CT molecular complexity index is 637. The molecule has 0 aliphatic rings. The Morgan fingerprint density at radius 3 is 2.56 bits per heavy atom. The van der Waals surface area contributed by atoms with Gasteiger partial charge >= 0.3 is 6.18 Å². The largest absolute Gasteiger partial charge is 0.417 e. The van der Waals surface area contributed by atoms with Crippen molar-refractivity contribution in [3.05, 3.63) is 46.2 Å². The van der Waals surface area contributed by atoms with E-state index in [1.807, 2.05) is 0 Å². The number of aromatic nitrogens is 1. The number of pyridine rings is 1. The van der Waals surface area contributed by atoms with Crippen LogP contribution in [-0.2, 0) is 0 Å². The van der Waals surface area contributed by atoms with Crippen molar-refractivity contribution in [2.24, 2.45) is 0 Å². The number of alkyl halides is 3. The van der Waals surface area contributed by atoms with Gasteiger partial charge in [-0.25, -0.2) is 4.98 Å². The van der Waals surface area contributed by atoms with Gasteiger partial charge in [-0.2, -0.15) is 13.2 Å². The molecule has 0 bridgehead atoms. The van der Waals surface area contributed by atoms with Gasteiger partial charge in [0.1, 0.15) is 5.15 Å². The Morgan fingerprint density at radius 2 is 1.94 bits per heavy atom. The predicted molar refractivity (Wildman–Crippen MR) is 69.5 cm³/mol. The van der Waals surface area contributed by atoms with Gasteiger partial charge in [0.2, 0.25) is 0 Å². The van der Waals surface area contributed by atoms with Crippen molar-refractivity contribution in [3.8, 4) is 0 Å². The highest BCUT2D eigenvalue weighted by Gasteiger charge is 2.35. The van der Waals surface area contributed by atoms with Crippen LogP contribution in [0.2, 0.25) is 5.15 Å². The summed E-state index contributed by atoms with van der Waals surface area (Å²) in [5.41, 5.74) is -1.25. The monoisotopic (exact) mass is 335 g/mol. The lowest BCUT2D eigenvalue weighted by molar-refractivity contribution is -0.0688. The van der Waals surface area contributed by atoms with Gasteiger partial charge in [0.05, 0.1) is 11.3 Å². The number of allylic oxidation sites excluding steroid dienone is 1. The van der Waals surface area contributed by atoms with Gasteiger partial charge in [-0.3, -0.25) is 0 Å². The molecule has 0 saturated carbocycles. The first kappa shape index (κ1) is 13.4. The zero-order valence-corrected chi connectivity index (χ0v) is 11.2. The van der Waals surface area contributed by atoms with E-state index in [2.05, 4.69) is 27.5 Å². The Balaban J connectivity index is 2.79. The van der Waals surface area contributed by atoms with E-state index in [9.17, 15) is 13.2 Å². The molecule has 0 atom stereocenters. The van der Waals surface area contributed by atoms with Crippen molar-refractivity contribution < 1.29 is 13.2 Å². The second kappa shape index (κ2) is 4.55. The molecule has 1 nitrogen and oxygen atoms in total. The Morgan fingerprint density at radius 1 is 1.28 bits per heavy atom. The van der Waals surface area contributed by atoms with E-state index in [-0.39, 0.29) is 10.8 Å². The van der Waals surface area contributed by atoms with E-state index in [1.54, 1.807) is 18.2 Å². The molecule has 0 radical (unpaired) electrons. The normalized spacial score (nSPS) is 11.8. The molecule has 0 saturated heterocycles. The molecule has 94 valence electrons. The maximum atomic E-state index is 12.7. The summed E-state index contributed by atoms with van der Waals surface area (Å²) in [5.74, 6) is 0. The first-order valence-corrected chi connectivity index (χ1v) is 5.99. The van der Waals surface area contributed by atoms with Crippen LogP contribution in [0.3, 0.4) is 0 Å². The molecular formula is C12H6BrClF3N. The highest BCUT2D eigenvalue weighted by Crippen LogP contribution is 2.37. The summed E-state index contributed by atoms with van der Waals surface area (Å²) < 4.78 is 38.8. The number of fused-ring (bicyclic) bond motifs is 1. The maximum absolute atomic E-state index is 12.7. The van der Waals surface area contributed by atoms with Crippen LogP contribution in [0.5, 0.6) is 0 Å². The fourth-order valence-corrected chi connectivity index (χ4v) is 2.25. The first-order valence-electron chi connectivity index (χ1n) is 4.82. The summed E-state index contributed by atoms with van der Waals surface area (Å²) in [6.07, 6.45) is -4.53. The van der Waals surface area contributed by atoms with Gasteiger partial charge in [0.25, 0.3) is 0 Å². The predicted octanol–water partition coefficient (Wildman–Crippen LogP) is 5.23. The lowest BCUT2D eigenvalue weighted by Gasteiger charge is -2.13. The molecule has 1 heterocycles. The molecule has 2 rings (SSSR count). The minimum atomic E-state index is -4.53. The van der Waals surface area contributed by atoms with Gasteiger partial charge in [-0.05, 0) is 12.1 Å². The minimum Gasteiger partial charge on any atom is -0.235 e. The molecular weight excluding hydrogens is 330 g/mol. The van der Waals surface area contributed by atoms with E-state index in [4.69, 9.17) is 11.6 Å². The molecule has 0 unspecified atom stereocenters. The second-order valence-electron chi connectivity index (χ2n) is 3.60. The molecule has 2 aromatic rings. The maximum Gasteiger partial charge on any atom is 0.417 e. The van der Waals surface area contributed by atoms with Crippen LogP contribution < -0.4 is 0 Å². The number of rotatable bonds is 1. The Hall–Kier alpha value is -1.07. The van der Waals surface area contributed by atoms with E-state index >= 15 is 0 Å². The molecule has 0 spiro atoms. The average Bonchev–Trinajstić information content (AvgIpc) is 2.27. The molecule has 18 heavy (non-hydrogen) atoms. The lowest BCUT2D eigenvalue weighted by atomic mass is 10.1. The van der Waals surface area contributed by atoms with E-state index in [1.165, 1.54) is 6.07 Å². The van der Waals surface area contributed by atoms with Crippen LogP contribution in [0.25, 0.3) is 16.3 Å². The van der Waals surface area contributed by atoms with Gasteiger partial charge in [0.15, 0.2) is 0 Å². The Labute approximate surface area is 114 Å². The molecule has 0 fully saturated rings. The summed E-state index contributed by atoms with van der Waals surface area (Å²) in [7, 11) is 0. The molecule has 0 N–H and O–H groups in total. The fraction of sp³-hybridized carbons (Fsp3) is 0.0833. The third-order valence-corrected chi connectivity index (χ3v) is 3.30. The second-order valence-corrected chi connectivity index (χ2v) is 4.85. The van der Waals surface area contributed by atoms with E-state index in [0.717, 1.165) is 0 Å². The highest BCUT2D eigenvalue weighted by atomic mass is 79.9. The van der Waals surface area contributed by atoms with E-state index in [0.29, 0.717) is 15.2 Å². The summed E-state index contributed by atoms with van der Waals surface area (Å²) in [4.78, 5) is 3.73. The number of nitrogens with zero attached hydrogens (tertiary/aromatic N) is 1. The molecule has 0 aliphatic carbocycles. The van der Waals surface area contributed by atoms with Crippen molar-refractivity contribution in [3.63, 3.8) is 0 Å². The van der Waals surface area contributed by atoms with Crippen LogP contribution in [0.1, 0.15) is 5.69 Å². The summed E-state index contributed by atoms with van der Waals surface area (Å²) >= 11 is 9.02. The number of hydrogen-bond donors (Lipinski definition) is 0. The van der Waals surface area contributed by atoms with Crippen molar-refractivity contribution in [2.45, 2.75) is 6.18 Å². The van der Waals surface area contributed by atoms with Gasteiger partial charge < -0.3 is 0 Å². The molecule has 1 aromatic heterocycles. The molecule has 0 amide bonds. The van der Waals surface area contributed by atoms with Gasteiger partial charge in [0, 0.05) is 15.2 Å². The third-order valence-electron chi connectivity index (χ3n) is 2.42. The van der Waals surface area contributed by atoms with Crippen LogP contribution >= 0.6 is 27.5 Å². The summed E-state index contributed by atoms with van der Waals surface area (Å²) in [6.45, 7) is 3.06. The van der Waals surface area contributed by atoms with Crippen LogP contribution in [-0.4, -0.2) is 11.2 Å². The van der Waals surface area contributed by atoms with Crippen LogP contribution in [0, 0.1) is 0 Å². The zero-order chi connectivity index (χ0) is 13.5. The Kier molecular flexibility index (Phi) is 3.38. The topological polar surface area (TPSA) is 12.9 Å². The van der Waals surface area contributed by atoms with Crippen LogP contribution in [0.4, 0.5) is 13.2 Å². The van der Waals surface area contributed by atoms with Crippen LogP contribution in [0.15, 0.2) is 35.3 Å². The van der Waals surface area contributed by atoms with Gasteiger partial charge in [-0.1, -0.05) is 46.2 Å². The standard InChI is InChI=1S/C12H6BrClF3N/c1-6(12(15,16)17)11-7-3-2-4-9(13)8(7)5-10(14)18-11/h2-5H,1H2. The van der Waals surface area contributed by atoms with Crippen molar-refractivity contribution in [2.75, 3.05) is 0 Å². The smallest absolute Gasteiger partial charge is 0.235 e. The first-order chi connectivity index (χ1) is 8.30. The SMILES string of the molecule is C=C(c1nc(Cl)cc2c(Br)cccc12)C(F)(F)F.